The fourth-order valence-electron chi connectivity index (χ4n) is 4.24. The van der Waals surface area contributed by atoms with Crippen molar-refractivity contribution in [2.45, 2.75) is 5.92 Å². The van der Waals surface area contributed by atoms with Gasteiger partial charge >= 0.3 is 0 Å². The average Bonchev–Trinajstić information content (AvgIpc) is 3.43. The van der Waals surface area contributed by atoms with Crippen molar-refractivity contribution in [3.63, 3.8) is 0 Å². The molecule has 2 amide bonds. The van der Waals surface area contributed by atoms with Crippen molar-refractivity contribution in [2.24, 2.45) is 4.99 Å². The molecule has 0 saturated carbocycles. The van der Waals surface area contributed by atoms with Crippen LogP contribution in [0.5, 0.6) is 11.5 Å². The van der Waals surface area contributed by atoms with Gasteiger partial charge in [-0.05, 0) is 55.6 Å². The summed E-state index contributed by atoms with van der Waals surface area (Å²) < 4.78 is 11.0. The van der Waals surface area contributed by atoms with Crippen molar-refractivity contribution in [3.05, 3.63) is 77.9 Å². The Balaban J connectivity index is 1.52. The molecule has 0 spiro atoms. The van der Waals surface area contributed by atoms with E-state index in [1.807, 2.05) is 79.7 Å². The molecule has 2 aliphatic heterocycles. The van der Waals surface area contributed by atoms with Gasteiger partial charge in [-0.25, -0.2) is 0 Å². The maximum atomic E-state index is 13.1. The van der Waals surface area contributed by atoms with Crippen LogP contribution in [0.2, 0.25) is 0 Å². The number of ether oxygens (including phenoxy) is 2. The van der Waals surface area contributed by atoms with Gasteiger partial charge in [-0.3, -0.25) is 14.6 Å². The maximum absolute atomic E-state index is 13.1. The van der Waals surface area contributed by atoms with Gasteiger partial charge in [-0.1, -0.05) is 30.3 Å². The van der Waals surface area contributed by atoms with E-state index in [2.05, 4.69) is 5.32 Å². The molecule has 8 heteroatoms. The van der Waals surface area contributed by atoms with E-state index in [0.29, 0.717) is 35.1 Å². The summed E-state index contributed by atoms with van der Waals surface area (Å²) in [5.74, 6) is 0.468. The van der Waals surface area contributed by atoms with Crippen LogP contribution in [0.1, 0.15) is 17.0 Å². The zero-order chi connectivity index (χ0) is 24.5. The number of aliphatic imine (C=N–C) groups is 1. The molecule has 0 saturated heterocycles. The number of fused-ring (bicyclic) bond motifs is 2. The molecule has 0 fully saturated rings. The van der Waals surface area contributed by atoms with Crippen LogP contribution in [0.25, 0.3) is 0 Å². The minimum absolute atomic E-state index is 0.00538. The molecule has 2 heterocycles. The van der Waals surface area contributed by atoms with Crippen LogP contribution in [0.4, 0.5) is 17.1 Å². The molecule has 35 heavy (non-hydrogen) atoms. The highest BCUT2D eigenvalue weighted by molar-refractivity contribution is 6.24. The second-order valence-corrected chi connectivity index (χ2v) is 8.78. The van der Waals surface area contributed by atoms with Crippen LogP contribution < -0.4 is 19.7 Å². The Morgan fingerprint density at radius 2 is 1.69 bits per heavy atom. The second kappa shape index (κ2) is 9.23. The van der Waals surface area contributed by atoms with Gasteiger partial charge in [0, 0.05) is 24.5 Å². The third kappa shape index (κ3) is 4.48. The first-order valence-corrected chi connectivity index (χ1v) is 11.3. The molecule has 1 N–H and O–H groups in total. The molecular formula is C27H26N4O4. The fourth-order valence-corrected chi connectivity index (χ4v) is 4.24. The van der Waals surface area contributed by atoms with Crippen molar-refractivity contribution in [3.8, 4) is 11.5 Å². The molecule has 0 aromatic heterocycles. The Hall–Kier alpha value is -4.17. The van der Waals surface area contributed by atoms with Gasteiger partial charge in [0.2, 0.25) is 18.6 Å². The predicted molar refractivity (Wildman–Crippen MR) is 135 cm³/mol. The van der Waals surface area contributed by atoms with Crippen LogP contribution >= 0.6 is 0 Å². The number of nitrogens with zero attached hydrogens (tertiary/aromatic N) is 3. The molecule has 5 rings (SSSR count). The number of likely N-dealkylation sites (N-methyl/N-ethyl adjacent to an activating group) is 2. The first-order chi connectivity index (χ1) is 16.9. The molecule has 1 atom stereocenters. The number of benzene rings is 3. The summed E-state index contributed by atoms with van der Waals surface area (Å²) in [6, 6.07) is 20.7. The van der Waals surface area contributed by atoms with Crippen LogP contribution in [-0.2, 0) is 9.59 Å². The number of rotatable bonds is 6. The van der Waals surface area contributed by atoms with Gasteiger partial charge in [-0.15, -0.1) is 0 Å². The molecule has 0 aliphatic carbocycles. The zero-order valence-electron chi connectivity index (χ0n) is 19.8. The Bertz CT molecular complexity index is 1300. The molecule has 0 bridgehead atoms. The number of anilines is 2. The van der Waals surface area contributed by atoms with E-state index in [4.69, 9.17) is 14.5 Å². The minimum Gasteiger partial charge on any atom is -0.454 e. The standard InChI is InChI=1S/C27H26N4O4/c1-30(2)15-24(32)31(3)19-11-9-18(10-12-19)28-26(17-7-5-4-6-8-17)25-20-13-22-23(35-16-34-22)14-21(20)29-27(25)33/h4-14,25H,15-16H2,1-3H3,(H,29,33). The Labute approximate surface area is 203 Å². The van der Waals surface area contributed by atoms with E-state index in [1.165, 1.54) is 0 Å². The highest BCUT2D eigenvalue weighted by Crippen LogP contribution is 2.44. The van der Waals surface area contributed by atoms with Crippen molar-refractivity contribution in [1.82, 2.24) is 4.90 Å². The Kier molecular flexibility index (Phi) is 5.96. The zero-order valence-corrected chi connectivity index (χ0v) is 19.8. The van der Waals surface area contributed by atoms with Gasteiger partial charge in [0.05, 0.1) is 17.9 Å². The highest BCUT2D eigenvalue weighted by atomic mass is 16.7. The second-order valence-electron chi connectivity index (χ2n) is 8.78. The van der Waals surface area contributed by atoms with E-state index in [-0.39, 0.29) is 18.6 Å². The van der Waals surface area contributed by atoms with Gasteiger partial charge in [0.15, 0.2) is 11.5 Å². The first-order valence-electron chi connectivity index (χ1n) is 11.3. The van der Waals surface area contributed by atoms with Gasteiger partial charge in [-0.2, -0.15) is 0 Å². The quantitative estimate of drug-likeness (QED) is 0.554. The molecule has 0 radical (unpaired) electrons. The Morgan fingerprint density at radius 3 is 2.37 bits per heavy atom. The van der Waals surface area contributed by atoms with Crippen LogP contribution in [0.15, 0.2) is 71.7 Å². The smallest absolute Gasteiger partial charge is 0.240 e. The van der Waals surface area contributed by atoms with Crippen LogP contribution in [0, 0.1) is 0 Å². The van der Waals surface area contributed by atoms with E-state index in [0.717, 1.165) is 16.8 Å². The van der Waals surface area contributed by atoms with E-state index < -0.39 is 5.92 Å². The lowest BCUT2D eigenvalue weighted by Gasteiger charge is -2.20. The van der Waals surface area contributed by atoms with E-state index in [9.17, 15) is 9.59 Å². The molecule has 8 nitrogen and oxygen atoms in total. The van der Waals surface area contributed by atoms with Crippen LogP contribution in [0.3, 0.4) is 0 Å². The lowest BCUT2D eigenvalue weighted by Crippen LogP contribution is -2.34. The topological polar surface area (TPSA) is 83.5 Å². The minimum atomic E-state index is -0.606. The molecule has 178 valence electrons. The average molecular weight is 471 g/mol. The monoisotopic (exact) mass is 470 g/mol. The molecular weight excluding hydrogens is 444 g/mol. The highest BCUT2D eigenvalue weighted by Gasteiger charge is 2.37. The van der Waals surface area contributed by atoms with E-state index >= 15 is 0 Å². The normalized spacial score (nSPS) is 16.3. The summed E-state index contributed by atoms with van der Waals surface area (Å²) in [6.45, 7) is 0.484. The maximum Gasteiger partial charge on any atom is 0.240 e. The van der Waals surface area contributed by atoms with Crippen molar-refractivity contribution < 1.29 is 19.1 Å². The van der Waals surface area contributed by atoms with Crippen molar-refractivity contribution in [2.75, 3.05) is 44.7 Å². The number of hydrogen-bond acceptors (Lipinski definition) is 6. The molecule has 3 aromatic rings. The summed E-state index contributed by atoms with van der Waals surface area (Å²) in [5, 5.41) is 2.96. The third-order valence-electron chi connectivity index (χ3n) is 6.03. The SMILES string of the molecule is CN(C)CC(=O)N(C)c1ccc(N=C(c2ccccc2)C2C(=O)Nc3cc4c(cc32)OCO4)cc1. The van der Waals surface area contributed by atoms with E-state index in [1.54, 1.807) is 18.0 Å². The first kappa shape index (κ1) is 22.6. The summed E-state index contributed by atoms with van der Waals surface area (Å²) in [4.78, 5) is 33.9. The molecule has 2 aliphatic rings. The summed E-state index contributed by atoms with van der Waals surface area (Å²) in [6.07, 6.45) is 0. The molecule has 3 aromatic carbocycles. The summed E-state index contributed by atoms with van der Waals surface area (Å²) in [7, 11) is 5.47. The number of amides is 2. The third-order valence-corrected chi connectivity index (χ3v) is 6.03. The lowest BCUT2D eigenvalue weighted by molar-refractivity contribution is -0.119. The molecule has 1 unspecified atom stereocenters. The van der Waals surface area contributed by atoms with Crippen molar-refractivity contribution in [1.29, 1.82) is 0 Å². The number of hydrogen-bond donors (Lipinski definition) is 1. The summed E-state index contributed by atoms with van der Waals surface area (Å²) >= 11 is 0. The number of carbonyl (C=O) groups excluding carboxylic acids is 2. The number of carbonyl (C=O) groups is 2. The van der Waals surface area contributed by atoms with Crippen molar-refractivity contribution >= 4 is 34.6 Å². The summed E-state index contributed by atoms with van der Waals surface area (Å²) in [5.41, 5.74) is 4.43. The predicted octanol–water partition coefficient (Wildman–Crippen LogP) is 3.80. The number of nitrogens with one attached hydrogen (secondary N) is 1. The largest absolute Gasteiger partial charge is 0.454 e. The lowest BCUT2D eigenvalue weighted by atomic mass is 9.90. The van der Waals surface area contributed by atoms with Gasteiger partial charge in [0.25, 0.3) is 0 Å². The fraction of sp³-hybridized carbons (Fsp3) is 0.222. The van der Waals surface area contributed by atoms with Gasteiger partial charge in [0.1, 0.15) is 5.92 Å². The van der Waals surface area contributed by atoms with Crippen LogP contribution in [-0.4, -0.2) is 56.9 Å². The van der Waals surface area contributed by atoms with Gasteiger partial charge < -0.3 is 24.6 Å². The Morgan fingerprint density at radius 1 is 1.00 bits per heavy atom.